The molecular weight excluding hydrogens is 773 g/mol. The highest BCUT2D eigenvalue weighted by Crippen LogP contribution is 2.46. The van der Waals surface area contributed by atoms with E-state index in [0.29, 0.717) is 0 Å². The molecule has 12 rings (SSSR count). The molecule has 0 spiro atoms. The first-order chi connectivity index (χ1) is 31.8. The number of anilines is 3. The third-order valence-electron chi connectivity index (χ3n) is 12.8. The molecule has 0 amide bonds. The molecule has 1 aromatic heterocycles. The molecule has 0 aliphatic rings. The van der Waals surface area contributed by atoms with Gasteiger partial charge in [-0.2, -0.15) is 0 Å². The number of para-hydroxylation sites is 3. The zero-order valence-corrected chi connectivity index (χ0v) is 35.1. The second kappa shape index (κ2) is 15.8. The summed E-state index contributed by atoms with van der Waals surface area (Å²) in [6.45, 7) is 0. The molecule has 0 atom stereocenters. The van der Waals surface area contributed by atoms with Gasteiger partial charge in [0, 0.05) is 33.4 Å². The Morgan fingerprint density at radius 1 is 0.266 bits per heavy atom. The van der Waals surface area contributed by atoms with Crippen LogP contribution in [0.15, 0.2) is 255 Å². The molecular formula is C62H42N2. The molecule has 0 unspecified atom stereocenters. The standard InChI is InChI=1S/C62H42N2/c1-2-17-44(18-3-1)52-23-6-7-24-54(52)55-25-8-9-26-56(55)57-27-10-13-30-60(57)63(50-39-40-53-47(42-50)34-33-45-19-4-5-22-51(45)53)48-37-35-43(36-38-48)46-20-16-21-49(41-46)64-61-31-14-11-28-58(61)59-29-12-15-32-62(59)64/h1-42H. The Labute approximate surface area is 373 Å². The largest absolute Gasteiger partial charge is 0.310 e. The molecule has 64 heavy (non-hydrogen) atoms. The fourth-order valence-corrected chi connectivity index (χ4v) is 9.83. The fraction of sp³-hybridized carbons (Fsp3) is 0. The van der Waals surface area contributed by atoms with Gasteiger partial charge in [-0.25, -0.2) is 0 Å². The van der Waals surface area contributed by atoms with Crippen molar-refractivity contribution in [1.29, 1.82) is 0 Å². The first-order valence-electron chi connectivity index (χ1n) is 22.0. The van der Waals surface area contributed by atoms with E-state index in [1.54, 1.807) is 0 Å². The van der Waals surface area contributed by atoms with Crippen LogP contribution in [0.5, 0.6) is 0 Å². The van der Waals surface area contributed by atoms with E-state index in [1.165, 1.54) is 76.7 Å². The molecule has 2 heteroatoms. The average Bonchev–Trinajstić information content (AvgIpc) is 3.71. The predicted molar refractivity (Wildman–Crippen MR) is 272 cm³/mol. The van der Waals surface area contributed by atoms with Crippen LogP contribution in [0, 0.1) is 0 Å². The number of rotatable bonds is 8. The summed E-state index contributed by atoms with van der Waals surface area (Å²) >= 11 is 0. The molecule has 11 aromatic carbocycles. The summed E-state index contributed by atoms with van der Waals surface area (Å²) in [7, 11) is 0. The van der Waals surface area contributed by atoms with Crippen molar-refractivity contribution in [2.75, 3.05) is 4.90 Å². The van der Waals surface area contributed by atoms with Crippen molar-refractivity contribution in [3.8, 4) is 50.2 Å². The fourth-order valence-electron chi connectivity index (χ4n) is 9.83. The van der Waals surface area contributed by atoms with Crippen LogP contribution in [-0.2, 0) is 0 Å². The lowest BCUT2D eigenvalue weighted by atomic mass is 9.88. The summed E-state index contributed by atoms with van der Waals surface area (Å²) in [5.74, 6) is 0. The zero-order chi connectivity index (χ0) is 42.4. The summed E-state index contributed by atoms with van der Waals surface area (Å²) in [5.41, 5.74) is 16.3. The monoisotopic (exact) mass is 814 g/mol. The normalized spacial score (nSPS) is 11.4. The minimum atomic E-state index is 1.08. The van der Waals surface area contributed by atoms with Crippen molar-refractivity contribution in [2.45, 2.75) is 0 Å². The van der Waals surface area contributed by atoms with E-state index in [9.17, 15) is 0 Å². The Kier molecular flexibility index (Phi) is 9.20. The van der Waals surface area contributed by atoms with Crippen molar-refractivity contribution in [1.82, 2.24) is 4.57 Å². The van der Waals surface area contributed by atoms with Gasteiger partial charge in [-0.1, -0.05) is 200 Å². The minimum absolute atomic E-state index is 1.08. The molecule has 300 valence electrons. The van der Waals surface area contributed by atoms with Crippen LogP contribution < -0.4 is 4.90 Å². The minimum Gasteiger partial charge on any atom is -0.310 e. The lowest BCUT2D eigenvalue weighted by Gasteiger charge is -2.29. The third-order valence-corrected chi connectivity index (χ3v) is 12.8. The van der Waals surface area contributed by atoms with Gasteiger partial charge in [0.2, 0.25) is 0 Å². The van der Waals surface area contributed by atoms with Crippen LogP contribution in [0.3, 0.4) is 0 Å². The molecule has 0 bridgehead atoms. The van der Waals surface area contributed by atoms with Gasteiger partial charge in [0.05, 0.1) is 16.7 Å². The van der Waals surface area contributed by atoms with Crippen LogP contribution >= 0.6 is 0 Å². The Morgan fingerprint density at radius 2 is 0.781 bits per heavy atom. The van der Waals surface area contributed by atoms with E-state index >= 15 is 0 Å². The highest BCUT2D eigenvalue weighted by Gasteiger charge is 2.21. The summed E-state index contributed by atoms with van der Waals surface area (Å²) in [4.78, 5) is 2.43. The smallest absolute Gasteiger partial charge is 0.0541 e. The van der Waals surface area contributed by atoms with Gasteiger partial charge in [0.25, 0.3) is 0 Å². The van der Waals surface area contributed by atoms with Crippen molar-refractivity contribution in [3.63, 3.8) is 0 Å². The van der Waals surface area contributed by atoms with Gasteiger partial charge in [0.15, 0.2) is 0 Å². The SMILES string of the molecule is c1ccc(-c2ccccc2-c2ccccc2-c2ccccc2N(c2ccc(-c3cccc(-n4c5ccccc5c5ccccc54)c3)cc2)c2ccc3c(ccc4ccccc43)c2)cc1. The summed E-state index contributed by atoms with van der Waals surface area (Å²) < 4.78 is 2.39. The number of fused-ring (bicyclic) bond motifs is 6. The lowest BCUT2D eigenvalue weighted by Crippen LogP contribution is -2.11. The highest BCUT2D eigenvalue weighted by atomic mass is 15.1. The predicted octanol–water partition coefficient (Wildman–Crippen LogP) is 17.2. The lowest BCUT2D eigenvalue weighted by molar-refractivity contribution is 1.18. The molecule has 0 saturated heterocycles. The van der Waals surface area contributed by atoms with Crippen molar-refractivity contribution in [3.05, 3.63) is 255 Å². The van der Waals surface area contributed by atoms with Crippen LogP contribution in [-0.4, -0.2) is 4.57 Å². The van der Waals surface area contributed by atoms with E-state index in [4.69, 9.17) is 0 Å². The quantitative estimate of drug-likeness (QED) is 0.139. The van der Waals surface area contributed by atoms with E-state index in [-0.39, 0.29) is 0 Å². The first kappa shape index (κ1) is 37.3. The van der Waals surface area contributed by atoms with E-state index in [0.717, 1.165) is 33.9 Å². The summed E-state index contributed by atoms with van der Waals surface area (Å²) in [6.07, 6.45) is 0. The number of benzene rings is 11. The second-order valence-corrected chi connectivity index (χ2v) is 16.5. The summed E-state index contributed by atoms with van der Waals surface area (Å²) in [5, 5.41) is 7.48. The van der Waals surface area contributed by atoms with E-state index < -0.39 is 0 Å². The van der Waals surface area contributed by atoms with Crippen LogP contribution in [0.2, 0.25) is 0 Å². The topological polar surface area (TPSA) is 8.17 Å². The zero-order valence-electron chi connectivity index (χ0n) is 35.1. The molecule has 0 aliphatic heterocycles. The van der Waals surface area contributed by atoms with E-state index in [1.807, 2.05) is 0 Å². The molecule has 0 aliphatic carbocycles. The Morgan fingerprint density at radius 3 is 1.52 bits per heavy atom. The van der Waals surface area contributed by atoms with Crippen molar-refractivity contribution >= 4 is 60.4 Å². The molecule has 0 N–H and O–H groups in total. The Balaban J connectivity index is 1.01. The van der Waals surface area contributed by atoms with Crippen LogP contribution in [0.25, 0.3) is 93.5 Å². The number of nitrogens with zero attached hydrogens (tertiary/aromatic N) is 2. The van der Waals surface area contributed by atoms with Gasteiger partial charge in [-0.15, -0.1) is 0 Å². The molecule has 0 saturated carbocycles. The Hall–Kier alpha value is -8.46. The maximum atomic E-state index is 2.43. The number of aromatic nitrogens is 1. The van der Waals surface area contributed by atoms with E-state index in [2.05, 4.69) is 264 Å². The maximum absolute atomic E-state index is 2.43. The maximum Gasteiger partial charge on any atom is 0.0541 e. The van der Waals surface area contributed by atoms with Crippen LogP contribution in [0.4, 0.5) is 17.1 Å². The molecule has 12 aromatic rings. The number of hydrogen-bond donors (Lipinski definition) is 0. The Bertz CT molecular complexity index is 3620. The second-order valence-electron chi connectivity index (χ2n) is 16.5. The van der Waals surface area contributed by atoms with Gasteiger partial charge in [0.1, 0.15) is 0 Å². The third kappa shape index (κ3) is 6.44. The van der Waals surface area contributed by atoms with Gasteiger partial charge < -0.3 is 9.47 Å². The average molecular weight is 815 g/mol. The van der Waals surface area contributed by atoms with Crippen LogP contribution in [0.1, 0.15) is 0 Å². The first-order valence-corrected chi connectivity index (χ1v) is 22.0. The molecule has 0 radical (unpaired) electrons. The molecule has 1 heterocycles. The van der Waals surface area contributed by atoms with Crippen molar-refractivity contribution < 1.29 is 0 Å². The molecule has 2 nitrogen and oxygen atoms in total. The number of hydrogen-bond acceptors (Lipinski definition) is 1. The van der Waals surface area contributed by atoms with Crippen molar-refractivity contribution in [2.24, 2.45) is 0 Å². The highest BCUT2D eigenvalue weighted by molar-refractivity contribution is 6.10. The molecule has 0 fully saturated rings. The van der Waals surface area contributed by atoms with Gasteiger partial charge in [-0.3, -0.25) is 0 Å². The van der Waals surface area contributed by atoms with Gasteiger partial charge >= 0.3 is 0 Å². The van der Waals surface area contributed by atoms with Gasteiger partial charge in [-0.05, 0) is 115 Å². The summed E-state index contributed by atoms with van der Waals surface area (Å²) in [6, 6.07) is 92.7.